The van der Waals surface area contributed by atoms with Crippen molar-refractivity contribution in [1.82, 2.24) is 10.4 Å². The van der Waals surface area contributed by atoms with Gasteiger partial charge in [0.25, 0.3) is 0 Å². The van der Waals surface area contributed by atoms with E-state index >= 15 is 0 Å². The maximum absolute atomic E-state index is 2.91. The molecule has 0 radical (unpaired) electrons. The van der Waals surface area contributed by atoms with Crippen LogP contribution < -0.4 is 5.43 Å². The molecule has 0 aromatic carbocycles. The fraction of sp³-hybridized carbons (Fsp3) is 0.778. The molecule has 0 aliphatic heterocycles. The van der Waals surface area contributed by atoms with Gasteiger partial charge in [-0.15, -0.1) is 0 Å². The quantitative estimate of drug-likeness (QED) is 0.625. The van der Waals surface area contributed by atoms with Crippen molar-refractivity contribution in [2.45, 2.75) is 34.6 Å². The van der Waals surface area contributed by atoms with Crippen LogP contribution in [0.1, 0.15) is 34.6 Å². The minimum absolute atomic E-state index is 1.88. The van der Waals surface area contributed by atoms with E-state index in [4.69, 9.17) is 0 Å². The number of allylic oxidation sites excluding steroid dienone is 1. The summed E-state index contributed by atoms with van der Waals surface area (Å²) in [5.41, 5.74) is 2.91. The molecule has 2 nitrogen and oxygen atoms in total. The molecule has 2 heteroatoms. The average Bonchev–Trinajstić information content (AvgIpc) is 2.12. The van der Waals surface area contributed by atoms with E-state index in [9.17, 15) is 0 Å². The summed E-state index contributed by atoms with van der Waals surface area (Å²) >= 11 is 0. The van der Waals surface area contributed by atoms with Crippen molar-refractivity contribution in [3.8, 4) is 0 Å². The van der Waals surface area contributed by atoms with Crippen molar-refractivity contribution >= 4 is 0 Å². The van der Waals surface area contributed by atoms with Crippen LogP contribution in [0, 0.1) is 0 Å². The third kappa shape index (κ3) is 26.4. The van der Waals surface area contributed by atoms with Gasteiger partial charge in [0.2, 0.25) is 0 Å². The third-order valence-electron chi connectivity index (χ3n) is 0.725. The minimum atomic E-state index is 1.88. The lowest BCUT2D eigenvalue weighted by atomic mass is 10.7. The summed E-state index contributed by atoms with van der Waals surface area (Å²) in [5.74, 6) is 0. The molecule has 0 rings (SSSR count). The van der Waals surface area contributed by atoms with E-state index in [-0.39, 0.29) is 0 Å². The van der Waals surface area contributed by atoms with Crippen LogP contribution in [0.3, 0.4) is 0 Å². The fourth-order valence-electron chi connectivity index (χ4n) is 0.298. The maximum Gasteiger partial charge on any atom is 0.0225 e. The Morgan fingerprint density at radius 3 is 1.55 bits per heavy atom. The van der Waals surface area contributed by atoms with Crippen LogP contribution in [-0.2, 0) is 0 Å². The van der Waals surface area contributed by atoms with E-state index in [0.29, 0.717) is 0 Å². The molecule has 70 valence electrons. The molecule has 0 saturated heterocycles. The molecule has 0 aliphatic rings. The Bertz CT molecular complexity index is 60.6. The lowest BCUT2D eigenvalue weighted by Gasteiger charge is -2.09. The molecular weight excluding hydrogens is 136 g/mol. The van der Waals surface area contributed by atoms with Crippen LogP contribution in [0.25, 0.3) is 0 Å². The second kappa shape index (κ2) is 22.7. The third-order valence-corrected chi connectivity index (χ3v) is 0.725. The standard InChI is InChI=1S/C5H12N2.2C2H6/c1-4-5-7(3)6-2;2*1-2/h4-6H,1-3H3;2*1-2H3/b5-4-;;. The summed E-state index contributed by atoms with van der Waals surface area (Å²) in [6.07, 6.45) is 3.91. The monoisotopic (exact) mass is 160 g/mol. The van der Waals surface area contributed by atoms with Crippen molar-refractivity contribution in [2.75, 3.05) is 14.1 Å². The number of hydrazine groups is 1. The van der Waals surface area contributed by atoms with Crippen LogP contribution in [-0.4, -0.2) is 19.1 Å². The van der Waals surface area contributed by atoms with Gasteiger partial charge in [-0.1, -0.05) is 33.8 Å². The molecular formula is C9H24N2. The Balaban J connectivity index is -0.000000138. The predicted molar refractivity (Wildman–Crippen MR) is 54.3 cm³/mol. The van der Waals surface area contributed by atoms with Gasteiger partial charge < -0.3 is 5.01 Å². The molecule has 0 saturated carbocycles. The highest BCUT2D eigenvalue weighted by Gasteiger charge is 1.74. The summed E-state index contributed by atoms with van der Waals surface area (Å²) in [6, 6.07) is 0. The highest BCUT2D eigenvalue weighted by molar-refractivity contribution is 4.72. The zero-order chi connectivity index (χ0) is 9.70. The van der Waals surface area contributed by atoms with Gasteiger partial charge in [0, 0.05) is 20.3 Å². The number of hydrogen-bond acceptors (Lipinski definition) is 2. The number of rotatable bonds is 2. The molecule has 0 atom stereocenters. The summed E-state index contributed by atoms with van der Waals surface area (Å²) in [7, 11) is 3.82. The first-order valence-corrected chi connectivity index (χ1v) is 4.34. The molecule has 0 aromatic heterocycles. The number of nitrogens with one attached hydrogen (secondary N) is 1. The highest BCUT2D eigenvalue weighted by Crippen LogP contribution is 1.72. The summed E-state index contributed by atoms with van der Waals surface area (Å²) in [4.78, 5) is 0. The summed E-state index contributed by atoms with van der Waals surface area (Å²) < 4.78 is 0. The van der Waals surface area contributed by atoms with Crippen LogP contribution in [0.2, 0.25) is 0 Å². The molecule has 1 N–H and O–H groups in total. The van der Waals surface area contributed by atoms with Gasteiger partial charge in [0.05, 0.1) is 0 Å². The van der Waals surface area contributed by atoms with E-state index in [1.54, 1.807) is 0 Å². The first-order chi connectivity index (χ1) is 5.31. The van der Waals surface area contributed by atoms with E-state index in [0.717, 1.165) is 0 Å². The van der Waals surface area contributed by atoms with Crippen LogP contribution in [0.4, 0.5) is 0 Å². The van der Waals surface area contributed by atoms with Gasteiger partial charge >= 0.3 is 0 Å². The normalized spacial score (nSPS) is 7.55. The molecule has 0 aromatic rings. The number of nitrogens with zero attached hydrogens (tertiary/aromatic N) is 1. The van der Waals surface area contributed by atoms with Crippen LogP contribution in [0.15, 0.2) is 12.3 Å². The van der Waals surface area contributed by atoms with E-state index in [2.05, 4.69) is 5.43 Å². The Labute approximate surface area is 72.3 Å². The fourth-order valence-corrected chi connectivity index (χ4v) is 0.298. The SMILES string of the molecule is C/C=C\N(C)NC.CC.CC. The topological polar surface area (TPSA) is 15.3 Å². The van der Waals surface area contributed by atoms with Crippen LogP contribution in [0.5, 0.6) is 0 Å². The van der Waals surface area contributed by atoms with Gasteiger partial charge in [0.15, 0.2) is 0 Å². The van der Waals surface area contributed by atoms with Crippen molar-refractivity contribution in [2.24, 2.45) is 0 Å². The molecule has 0 heterocycles. The largest absolute Gasteiger partial charge is 0.319 e. The van der Waals surface area contributed by atoms with Gasteiger partial charge in [-0.05, 0) is 6.92 Å². The second-order valence-corrected chi connectivity index (χ2v) is 1.32. The van der Waals surface area contributed by atoms with Gasteiger partial charge in [0.1, 0.15) is 0 Å². The molecule has 0 fully saturated rings. The van der Waals surface area contributed by atoms with Crippen molar-refractivity contribution in [3.63, 3.8) is 0 Å². The number of hydrogen-bond donors (Lipinski definition) is 1. The predicted octanol–water partition coefficient (Wildman–Crippen LogP) is 2.64. The average molecular weight is 160 g/mol. The summed E-state index contributed by atoms with van der Waals surface area (Å²) in [6.45, 7) is 9.98. The lowest BCUT2D eigenvalue weighted by Crippen LogP contribution is -2.24. The minimum Gasteiger partial charge on any atom is -0.319 e. The van der Waals surface area contributed by atoms with E-state index in [1.165, 1.54) is 0 Å². The van der Waals surface area contributed by atoms with Gasteiger partial charge in [-0.25, -0.2) is 5.43 Å². The zero-order valence-electron chi connectivity index (χ0n) is 9.10. The smallest absolute Gasteiger partial charge is 0.0225 e. The molecule has 0 amide bonds. The maximum atomic E-state index is 2.91. The Kier molecular flexibility index (Phi) is 34.8. The molecule has 0 aliphatic carbocycles. The Hall–Kier alpha value is -0.500. The first-order valence-electron chi connectivity index (χ1n) is 4.34. The van der Waals surface area contributed by atoms with Crippen molar-refractivity contribution in [3.05, 3.63) is 12.3 Å². The van der Waals surface area contributed by atoms with Crippen molar-refractivity contribution < 1.29 is 0 Å². The van der Waals surface area contributed by atoms with Crippen molar-refractivity contribution in [1.29, 1.82) is 0 Å². The van der Waals surface area contributed by atoms with E-state index < -0.39 is 0 Å². The Morgan fingerprint density at radius 2 is 1.45 bits per heavy atom. The van der Waals surface area contributed by atoms with Gasteiger partial charge in [-0.3, -0.25) is 0 Å². The highest BCUT2D eigenvalue weighted by atomic mass is 15.5. The lowest BCUT2D eigenvalue weighted by molar-refractivity contribution is 0.365. The van der Waals surface area contributed by atoms with Crippen LogP contribution >= 0.6 is 0 Å². The molecule has 11 heavy (non-hydrogen) atoms. The summed E-state index contributed by atoms with van der Waals surface area (Å²) in [5, 5.41) is 1.88. The molecule has 0 unspecified atom stereocenters. The second-order valence-electron chi connectivity index (χ2n) is 1.32. The van der Waals surface area contributed by atoms with Gasteiger partial charge in [-0.2, -0.15) is 0 Å². The molecule has 0 spiro atoms. The first kappa shape index (κ1) is 16.8. The molecule has 0 bridgehead atoms. The zero-order valence-corrected chi connectivity index (χ0v) is 9.10. The Morgan fingerprint density at radius 1 is 1.09 bits per heavy atom. The van der Waals surface area contributed by atoms with E-state index in [1.807, 2.05) is 66.0 Å².